The highest BCUT2D eigenvalue weighted by molar-refractivity contribution is 7.13. The van der Waals surface area contributed by atoms with Crippen LogP contribution < -0.4 is 11.1 Å². The van der Waals surface area contributed by atoms with Crippen molar-refractivity contribution in [1.29, 1.82) is 0 Å². The summed E-state index contributed by atoms with van der Waals surface area (Å²) in [5.74, 6) is 0.513. The second-order valence-electron chi connectivity index (χ2n) is 4.27. The molecule has 2 aromatic rings. The van der Waals surface area contributed by atoms with Crippen molar-refractivity contribution < 1.29 is 0 Å². The number of para-hydroxylation sites is 1. The largest absolute Gasteiger partial charge is 0.379 e. The lowest BCUT2D eigenvalue weighted by atomic mass is 10.0. The Hall–Kier alpha value is -1.55. The third-order valence-electron chi connectivity index (χ3n) is 2.61. The van der Waals surface area contributed by atoms with E-state index in [0.29, 0.717) is 11.0 Å². The van der Waals surface area contributed by atoms with Crippen LogP contribution in [0.15, 0.2) is 29.6 Å². The molecule has 0 spiro atoms. The molecule has 2 rings (SSSR count). The molecule has 0 saturated carbocycles. The lowest BCUT2D eigenvalue weighted by molar-refractivity contribution is 0.864. The zero-order valence-electron chi connectivity index (χ0n) is 10.1. The van der Waals surface area contributed by atoms with Crippen LogP contribution >= 0.6 is 11.3 Å². The van der Waals surface area contributed by atoms with Crippen molar-refractivity contribution in [3.63, 3.8) is 0 Å². The average molecular weight is 247 g/mol. The summed E-state index contributed by atoms with van der Waals surface area (Å²) in [7, 11) is 0. The number of anilines is 2. The first kappa shape index (κ1) is 11.9. The number of hydrogen-bond donors (Lipinski definition) is 2. The van der Waals surface area contributed by atoms with Crippen molar-refractivity contribution in [2.45, 2.75) is 26.3 Å². The zero-order chi connectivity index (χ0) is 12.3. The molecule has 0 saturated heterocycles. The number of nitrogens with zero attached hydrogens (tertiary/aromatic N) is 1. The van der Waals surface area contributed by atoms with Crippen molar-refractivity contribution in [3.8, 4) is 0 Å². The normalized spacial score (nSPS) is 10.8. The maximum Gasteiger partial charge on any atom is 0.180 e. The Morgan fingerprint density at radius 3 is 2.76 bits per heavy atom. The number of hydrogen-bond acceptors (Lipinski definition) is 4. The SMILES string of the molecule is CC(C)c1ccccc1NCc1csc(N)n1. The molecule has 0 aliphatic carbocycles. The van der Waals surface area contributed by atoms with Crippen LogP contribution in [-0.2, 0) is 6.54 Å². The molecule has 3 nitrogen and oxygen atoms in total. The molecule has 0 unspecified atom stereocenters. The van der Waals surface area contributed by atoms with Crippen LogP contribution in [0.3, 0.4) is 0 Å². The smallest absolute Gasteiger partial charge is 0.180 e. The lowest BCUT2D eigenvalue weighted by Crippen LogP contribution is -2.03. The summed E-state index contributed by atoms with van der Waals surface area (Å²) in [5, 5.41) is 6.02. The van der Waals surface area contributed by atoms with E-state index in [4.69, 9.17) is 5.73 Å². The molecule has 1 aromatic carbocycles. The van der Waals surface area contributed by atoms with Gasteiger partial charge in [0.1, 0.15) is 0 Å². The van der Waals surface area contributed by atoms with Crippen molar-refractivity contribution in [1.82, 2.24) is 4.98 Å². The summed E-state index contributed by atoms with van der Waals surface area (Å²) in [4.78, 5) is 4.23. The van der Waals surface area contributed by atoms with Crippen LogP contribution in [0.25, 0.3) is 0 Å². The van der Waals surface area contributed by atoms with Crippen LogP contribution in [0.2, 0.25) is 0 Å². The van der Waals surface area contributed by atoms with Gasteiger partial charge in [-0.1, -0.05) is 32.0 Å². The Bertz CT molecular complexity index is 491. The van der Waals surface area contributed by atoms with Gasteiger partial charge in [-0.2, -0.15) is 0 Å². The maximum absolute atomic E-state index is 5.61. The fourth-order valence-corrected chi connectivity index (χ4v) is 2.31. The molecule has 90 valence electrons. The Morgan fingerprint density at radius 2 is 2.12 bits per heavy atom. The Balaban J connectivity index is 2.08. The highest BCUT2D eigenvalue weighted by Gasteiger charge is 2.06. The summed E-state index contributed by atoms with van der Waals surface area (Å²) >= 11 is 1.48. The minimum atomic E-state index is 0.513. The summed E-state index contributed by atoms with van der Waals surface area (Å²) in [6, 6.07) is 8.37. The molecular formula is C13H17N3S. The number of rotatable bonds is 4. The second-order valence-corrected chi connectivity index (χ2v) is 5.16. The summed E-state index contributed by atoms with van der Waals surface area (Å²) in [5.41, 5.74) is 9.10. The summed E-state index contributed by atoms with van der Waals surface area (Å²) in [6.45, 7) is 5.11. The van der Waals surface area contributed by atoms with Gasteiger partial charge in [-0.05, 0) is 17.5 Å². The van der Waals surface area contributed by atoms with Crippen molar-refractivity contribution in [2.75, 3.05) is 11.1 Å². The van der Waals surface area contributed by atoms with Crippen LogP contribution in [0.1, 0.15) is 31.0 Å². The molecular weight excluding hydrogens is 230 g/mol. The van der Waals surface area contributed by atoms with Gasteiger partial charge in [-0.25, -0.2) is 4.98 Å². The average Bonchev–Trinajstić information content (AvgIpc) is 2.73. The number of thiazole rings is 1. The number of benzene rings is 1. The van der Waals surface area contributed by atoms with E-state index in [1.165, 1.54) is 22.6 Å². The zero-order valence-corrected chi connectivity index (χ0v) is 10.9. The monoisotopic (exact) mass is 247 g/mol. The second kappa shape index (κ2) is 5.19. The quantitative estimate of drug-likeness (QED) is 0.870. The molecule has 17 heavy (non-hydrogen) atoms. The van der Waals surface area contributed by atoms with Gasteiger partial charge < -0.3 is 11.1 Å². The maximum atomic E-state index is 5.61. The minimum absolute atomic E-state index is 0.513. The van der Waals surface area contributed by atoms with Gasteiger partial charge in [0, 0.05) is 11.1 Å². The molecule has 0 bridgehead atoms. The predicted octanol–water partition coefficient (Wildman–Crippen LogP) is 3.46. The third kappa shape index (κ3) is 2.97. The standard InChI is InChI=1S/C13H17N3S/c1-9(2)11-5-3-4-6-12(11)15-7-10-8-17-13(14)16-10/h3-6,8-9,15H,7H2,1-2H3,(H2,14,16). The van der Waals surface area contributed by atoms with Gasteiger partial charge in [0.2, 0.25) is 0 Å². The summed E-state index contributed by atoms with van der Waals surface area (Å²) in [6.07, 6.45) is 0. The molecule has 4 heteroatoms. The highest BCUT2D eigenvalue weighted by atomic mass is 32.1. The number of nitrogen functional groups attached to an aromatic ring is 1. The van der Waals surface area contributed by atoms with E-state index in [9.17, 15) is 0 Å². The number of nitrogens with two attached hydrogens (primary N) is 1. The molecule has 0 atom stereocenters. The molecule has 0 amide bonds. The fraction of sp³-hybridized carbons (Fsp3) is 0.308. The van der Waals surface area contributed by atoms with Crippen LogP contribution in [0.5, 0.6) is 0 Å². The van der Waals surface area contributed by atoms with Gasteiger partial charge in [0.05, 0.1) is 12.2 Å². The van der Waals surface area contributed by atoms with Gasteiger partial charge in [0.15, 0.2) is 5.13 Å². The van der Waals surface area contributed by atoms with E-state index >= 15 is 0 Å². The van der Waals surface area contributed by atoms with E-state index in [1.807, 2.05) is 11.4 Å². The van der Waals surface area contributed by atoms with Gasteiger partial charge >= 0.3 is 0 Å². The van der Waals surface area contributed by atoms with Gasteiger partial charge in [-0.3, -0.25) is 0 Å². The molecule has 0 radical (unpaired) electrons. The third-order valence-corrected chi connectivity index (χ3v) is 3.33. The van der Waals surface area contributed by atoms with Gasteiger partial charge in [0.25, 0.3) is 0 Å². The van der Waals surface area contributed by atoms with E-state index in [-0.39, 0.29) is 0 Å². The number of aromatic nitrogens is 1. The van der Waals surface area contributed by atoms with Crippen molar-refractivity contribution in [2.24, 2.45) is 0 Å². The van der Waals surface area contributed by atoms with Crippen LogP contribution in [0.4, 0.5) is 10.8 Å². The highest BCUT2D eigenvalue weighted by Crippen LogP contribution is 2.24. The van der Waals surface area contributed by atoms with Crippen molar-refractivity contribution >= 4 is 22.2 Å². The number of nitrogens with one attached hydrogen (secondary N) is 1. The van der Waals surface area contributed by atoms with Crippen LogP contribution in [-0.4, -0.2) is 4.98 Å². The first-order valence-electron chi connectivity index (χ1n) is 5.69. The van der Waals surface area contributed by atoms with E-state index in [1.54, 1.807) is 0 Å². The molecule has 3 N–H and O–H groups in total. The molecule has 0 aliphatic heterocycles. The van der Waals surface area contributed by atoms with E-state index in [2.05, 4.69) is 42.3 Å². The first-order valence-corrected chi connectivity index (χ1v) is 6.57. The van der Waals surface area contributed by atoms with Crippen LogP contribution in [0, 0.1) is 0 Å². The molecule has 0 fully saturated rings. The Kier molecular flexibility index (Phi) is 3.64. The fourth-order valence-electron chi connectivity index (χ4n) is 1.75. The minimum Gasteiger partial charge on any atom is -0.379 e. The topological polar surface area (TPSA) is 50.9 Å². The van der Waals surface area contributed by atoms with E-state index < -0.39 is 0 Å². The molecule has 0 aliphatic rings. The Labute approximate surface area is 106 Å². The molecule has 1 aromatic heterocycles. The van der Waals surface area contributed by atoms with Gasteiger partial charge in [-0.15, -0.1) is 11.3 Å². The van der Waals surface area contributed by atoms with Crippen molar-refractivity contribution in [3.05, 3.63) is 40.9 Å². The predicted molar refractivity (Wildman–Crippen MR) is 74.4 cm³/mol. The molecule has 1 heterocycles. The van der Waals surface area contributed by atoms with E-state index in [0.717, 1.165) is 12.2 Å². The summed E-state index contributed by atoms with van der Waals surface area (Å²) < 4.78 is 0. The Morgan fingerprint density at radius 1 is 1.35 bits per heavy atom. The lowest BCUT2D eigenvalue weighted by Gasteiger charge is -2.13. The first-order chi connectivity index (χ1) is 8.16.